The van der Waals surface area contributed by atoms with Crippen LogP contribution in [0, 0.1) is 13.8 Å². The minimum atomic E-state index is -4.31. The Morgan fingerprint density at radius 3 is 2.36 bits per heavy atom. The van der Waals surface area contributed by atoms with E-state index in [4.69, 9.17) is 4.74 Å². The number of phenolic OH excluding ortho intramolecular Hbond substituents is 1. The molecule has 1 aromatic carbocycles. The van der Waals surface area contributed by atoms with Gasteiger partial charge >= 0.3 is 6.18 Å². The predicted molar refractivity (Wildman–Crippen MR) is 130 cm³/mol. The number of fused-ring (bicyclic) bond motifs is 1. The molecule has 0 fully saturated rings. The van der Waals surface area contributed by atoms with Crippen LogP contribution in [-0.4, -0.2) is 16.9 Å². The topological polar surface area (TPSA) is 29.5 Å². The fourth-order valence-corrected chi connectivity index (χ4v) is 4.32. The average molecular weight is 465 g/mol. The van der Waals surface area contributed by atoms with E-state index in [9.17, 15) is 18.3 Å². The Bertz CT molecular complexity index is 918. The van der Waals surface area contributed by atoms with E-state index in [0.29, 0.717) is 25.7 Å². The number of hydrogen-bond donors (Lipinski definition) is 1. The molecule has 1 aromatic rings. The smallest absolute Gasteiger partial charge is 0.412 e. The zero-order valence-corrected chi connectivity index (χ0v) is 21.0. The molecule has 0 aromatic heterocycles. The summed E-state index contributed by atoms with van der Waals surface area (Å²) in [5, 5.41) is 10.1. The molecule has 0 saturated carbocycles. The van der Waals surface area contributed by atoms with E-state index in [0.717, 1.165) is 47.3 Å². The van der Waals surface area contributed by atoms with Crippen molar-refractivity contribution in [3.05, 3.63) is 57.7 Å². The normalized spacial score (nSPS) is 19.2. The van der Waals surface area contributed by atoms with Crippen LogP contribution in [-0.2, 0) is 6.42 Å². The molecule has 0 bridgehead atoms. The van der Waals surface area contributed by atoms with Crippen LogP contribution >= 0.6 is 0 Å². The monoisotopic (exact) mass is 464 g/mol. The second kappa shape index (κ2) is 11.3. The number of allylic oxidation sites excluding steroid dienone is 6. The number of benzene rings is 1. The second-order valence-electron chi connectivity index (χ2n) is 9.87. The molecule has 0 aliphatic carbocycles. The Balaban J connectivity index is 2.00. The highest BCUT2D eigenvalue weighted by Crippen LogP contribution is 2.42. The predicted octanol–water partition coefficient (Wildman–Crippen LogP) is 8.83. The zero-order valence-electron chi connectivity index (χ0n) is 21.0. The molecule has 0 saturated heterocycles. The third-order valence-electron chi connectivity index (χ3n) is 6.50. The molecule has 0 spiro atoms. The number of aryl methyl sites for hydroxylation is 1. The van der Waals surface area contributed by atoms with Gasteiger partial charge in [-0.05, 0) is 110 Å². The molecule has 184 valence electrons. The molecule has 1 aliphatic heterocycles. The molecule has 1 atom stereocenters. The van der Waals surface area contributed by atoms with Crippen molar-refractivity contribution in [3.63, 3.8) is 0 Å². The van der Waals surface area contributed by atoms with E-state index in [2.05, 4.69) is 6.08 Å². The van der Waals surface area contributed by atoms with Crippen molar-refractivity contribution in [1.82, 2.24) is 0 Å². The first kappa shape index (κ1) is 27.1. The summed E-state index contributed by atoms with van der Waals surface area (Å²) >= 11 is 0. The molecular formula is C28H39F3O2. The lowest BCUT2D eigenvalue weighted by molar-refractivity contribution is -0.0942. The van der Waals surface area contributed by atoms with Crippen molar-refractivity contribution in [2.24, 2.45) is 0 Å². The van der Waals surface area contributed by atoms with Crippen molar-refractivity contribution < 1.29 is 23.0 Å². The Morgan fingerprint density at radius 2 is 1.73 bits per heavy atom. The first-order valence-electron chi connectivity index (χ1n) is 11.9. The molecule has 0 radical (unpaired) electrons. The molecule has 2 rings (SSSR count). The highest BCUT2D eigenvalue weighted by molar-refractivity contribution is 5.53. The van der Waals surface area contributed by atoms with E-state index >= 15 is 0 Å². The fourth-order valence-electron chi connectivity index (χ4n) is 4.32. The van der Waals surface area contributed by atoms with Crippen LogP contribution in [0.3, 0.4) is 0 Å². The van der Waals surface area contributed by atoms with Gasteiger partial charge in [-0.2, -0.15) is 13.2 Å². The van der Waals surface area contributed by atoms with Crippen LogP contribution in [0.4, 0.5) is 13.2 Å². The van der Waals surface area contributed by atoms with Gasteiger partial charge in [-0.25, -0.2) is 0 Å². The highest BCUT2D eigenvalue weighted by Gasteiger charge is 2.35. The number of rotatable bonds is 9. The van der Waals surface area contributed by atoms with Crippen LogP contribution in [0.15, 0.2) is 41.0 Å². The van der Waals surface area contributed by atoms with Crippen molar-refractivity contribution in [3.8, 4) is 11.5 Å². The number of hydrogen-bond acceptors (Lipinski definition) is 2. The summed E-state index contributed by atoms with van der Waals surface area (Å²) in [5.41, 5.74) is 4.10. The highest BCUT2D eigenvalue weighted by atomic mass is 19.4. The molecule has 0 amide bonds. The van der Waals surface area contributed by atoms with Gasteiger partial charge in [-0.15, -0.1) is 0 Å². The van der Waals surface area contributed by atoms with E-state index in [1.807, 2.05) is 47.6 Å². The van der Waals surface area contributed by atoms with Gasteiger partial charge in [-0.1, -0.05) is 29.4 Å². The summed E-state index contributed by atoms with van der Waals surface area (Å²) in [5.74, 6) is 1.03. The third kappa shape index (κ3) is 7.97. The number of phenols is 1. The van der Waals surface area contributed by atoms with Crippen LogP contribution in [0.1, 0.15) is 89.3 Å². The first-order valence-corrected chi connectivity index (χ1v) is 11.9. The maximum atomic E-state index is 13.6. The Morgan fingerprint density at radius 1 is 1.06 bits per heavy atom. The van der Waals surface area contributed by atoms with Gasteiger partial charge in [0.25, 0.3) is 0 Å². The number of ether oxygens (including phenoxy) is 1. The number of aromatic hydroxyl groups is 1. The van der Waals surface area contributed by atoms with Gasteiger partial charge in [0.1, 0.15) is 17.1 Å². The van der Waals surface area contributed by atoms with Gasteiger partial charge in [0.15, 0.2) is 0 Å². The molecule has 1 heterocycles. The molecule has 1 N–H and O–H groups in total. The Hall–Kier alpha value is -2.17. The molecule has 2 nitrogen and oxygen atoms in total. The largest absolute Gasteiger partial charge is 0.508 e. The molecular weight excluding hydrogens is 425 g/mol. The molecule has 5 heteroatoms. The van der Waals surface area contributed by atoms with Gasteiger partial charge in [0.2, 0.25) is 0 Å². The van der Waals surface area contributed by atoms with Gasteiger partial charge in [-0.3, -0.25) is 0 Å². The summed E-state index contributed by atoms with van der Waals surface area (Å²) in [6.07, 6.45) is 5.63. The molecule has 33 heavy (non-hydrogen) atoms. The Labute approximate surface area is 197 Å². The van der Waals surface area contributed by atoms with Crippen LogP contribution < -0.4 is 4.74 Å². The number of alkyl halides is 3. The van der Waals surface area contributed by atoms with Crippen LogP contribution in [0.5, 0.6) is 11.5 Å². The average Bonchev–Trinajstić information content (AvgIpc) is 2.70. The van der Waals surface area contributed by atoms with Crippen LogP contribution in [0.25, 0.3) is 0 Å². The van der Waals surface area contributed by atoms with Crippen molar-refractivity contribution in [2.45, 2.75) is 105 Å². The zero-order chi connectivity index (χ0) is 24.8. The van der Waals surface area contributed by atoms with E-state index < -0.39 is 17.4 Å². The Kier molecular flexibility index (Phi) is 9.28. The fraction of sp³-hybridized carbons (Fsp3) is 0.571. The van der Waals surface area contributed by atoms with E-state index in [1.165, 1.54) is 11.6 Å². The molecule has 1 aliphatic rings. The number of halogens is 3. The summed E-state index contributed by atoms with van der Waals surface area (Å²) in [6.45, 7) is 11.8. The molecule has 1 unspecified atom stereocenters. The standard InChI is InChI=1S/C28H39F3O2/c1-19(2)10-7-11-20(3)12-8-13-23(28(29,30)31)14-9-16-27(6)17-15-24-22(5)25(32)18-21(4)26(24)33-27/h10,12,14,18,32H,7-9,11,13,15-17H2,1-6H3/b20-12+,23-14-. The summed E-state index contributed by atoms with van der Waals surface area (Å²) in [6, 6.07) is 1.69. The third-order valence-corrected chi connectivity index (χ3v) is 6.50. The SMILES string of the molecule is CC(C)=CCC/C(C)=C/CC/C(=C/CCC1(C)CCc2c(C)c(O)cc(C)c2O1)C(F)(F)F. The van der Waals surface area contributed by atoms with Crippen LogP contribution in [0.2, 0.25) is 0 Å². The van der Waals surface area contributed by atoms with E-state index in [1.54, 1.807) is 6.07 Å². The summed E-state index contributed by atoms with van der Waals surface area (Å²) < 4.78 is 47.0. The van der Waals surface area contributed by atoms with Gasteiger partial charge in [0.05, 0.1) is 0 Å². The van der Waals surface area contributed by atoms with Crippen molar-refractivity contribution >= 4 is 0 Å². The lowest BCUT2D eigenvalue weighted by Gasteiger charge is -2.37. The van der Waals surface area contributed by atoms with Crippen molar-refractivity contribution in [1.29, 1.82) is 0 Å². The second-order valence-corrected chi connectivity index (χ2v) is 9.87. The maximum Gasteiger partial charge on any atom is 0.412 e. The van der Waals surface area contributed by atoms with E-state index in [-0.39, 0.29) is 12.2 Å². The van der Waals surface area contributed by atoms with Gasteiger partial charge in [0, 0.05) is 11.1 Å². The minimum Gasteiger partial charge on any atom is -0.508 e. The lowest BCUT2D eigenvalue weighted by Crippen LogP contribution is -2.36. The lowest BCUT2D eigenvalue weighted by atomic mass is 9.86. The minimum absolute atomic E-state index is 0.00146. The maximum absolute atomic E-state index is 13.6. The first-order chi connectivity index (χ1) is 15.3. The quantitative estimate of drug-likeness (QED) is 0.370. The summed E-state index contributed by atoms with van der Waals surface area (Å²) in [7, 11) is 0. The van der Waals surface area contributed by atoms with Gasteiger partial charge < -0.3 is 9.84 Å². The van der Waals surface area contributed by atoms with Crippen molar-refractivity contribution in [2.75, 3.05) is 0 Å². The summed E-state index contributed by atoms with van der Waals surface area (Å²) in [4.78, 5) is 0.